The summed E-state index contributed by atoms with van der Waals surface area (Å²) in [6.45, 7) is 5.04. The van der Waals surface area contributed by atoms with E-state index in [2.05, 4.69) is 15.6 Å². The van der Waals surface area contributed by atoms with E-state index in [1.165, 1.54) is 39.0 Å². The highest BCUT2D eigenvalue weighted by Gasteiger charge is 2.13. The molecule has 4 N–H and O–H groups in total. The van der Waals surface area contributed by atoms with E-state index < -0.39 is 0 Å². The monoisotopic (exact) mass is 472 g/mol. The number of nitrogens with zero attached hydrogens (tertiary/aromatic N) is 1. The molecule has 0 spiro atoms. The van der Waals surface area contributed by atoms with Crippen molar-refractivity contribution in [2.45, 2.75) is 65.0 Å². The fourth-order valence-electron chi connectivity index (χ4n) is 4.28. The third-order valence-corrected chi connectivity index (χ3v) is 6.02. The molecular weight excluding hydrogens is 436 g/mol. The average Bonchev–Trinajstić information content (AvgIpc) is 2.85. The van der Waals surface area contributed by atoms with Gasteiger partial charge in [0, 0.05) is 37.1 Å². The maximum Gasteiger partial charge on any atom is 0.221 e. The third-order valence-electron chi connectivity index (χ3n) is 6.02. The molecule has 1 atom stereocenters. The minimum Gasteiger partial charge on any atom is -0.354 e. The second kappa shape index (κ2) is 12.8. The second-order valence-electron chi connectivity index (χ2n) is 9.11. The van der Waals surface area contributed by atoms with Gasteiger partial charge in [-0.1, -0.05) is 73.9 Å². The lowest BCUT2D eigenvalue weighted by Crippen LogP contribution is -2.34. The molecule has 2 amide bonds. The van der Waals surface area contributed by atoms with Gasteiger partial charge in [0.2, 0.25) is 11.8 Å². The summed E-state index contributed by atoms with van der Waals surface area (Å²) in [6, 6.07) is 20.6. The van der Waals surface area contributed by atoms with Crippen LogP contribution in [0.15, 0.2) is 66.9 Å². The van der Waals surface area contributed by atoms with Gasteiger partial charge in [0.25, 0.3) is 0 Å². The normalized spacial score (nSPS) is 14.3. The van der Waals surface area contributed by atoms with Gasteiger partial charge < -0.3 is 16.4 Å². The summed E-state index contributed by atoms with van der Waals surface area (Å²) >= 11 is 0. The van der Waals surface area contributed by atoms with Crippen molar-refractivity contribution in [3.8, 4) is 22.4 Å². The fraction of sp³-hybridized carbons (Fsp3) is 0.345. The highest BCUT2D eigenvalue weighted by atomic mass is 16.2. The zero-order valence-electron chi connectivity index (χ0n) is 20.9. The van der Waals surface area contributed by atoms with Crippen LogP contribution >= 0.6 is 0 Å². The maximum atomic E-state index is 11.4. The molecule has 1 unspecified atom stereocenters. The molecule has 35 heavy (non-hydrogen) atoms. The molecule has 1 aliphatic rings. The van der Waals surface area contributed by atoms with Gasteiger partial charge in [-0.15, -0.1) is 0 Å². The molecule has 2 aromatic carbocycles. The van der Waals surface area contributed by atoms with Crippen LogP contribution in [-0.4, -0.2) is 22.8 Å². The van der Waals surface area contributed by atoms with E-state index >= 15 is 0 Å². The van der Waals surface area contributed by atoms with E-state index in [9.17, 15) is 9.59 Å². The van der Waals surface area contributed by atoms with Crippen LogP contribution in [0.5, 0.6) is 0 Å². The summed E-state index contributed by atoms with van der Waals surface area (Å²) in [5, 5.41) is 5.74. The van der Waals surface area contributed by atoms with Crippen LogP contribution in [0.4, 0.5) is 5.69 Å². The molecule has 0 radical (unpaired) electrons. The lowest BCUT2D eigenvalue weighted by atomic mass is 9.95. The molecule has 184 valence electrons. The Balaban J connectivity index is 0.000000287. The van der Waals surface area contributed by atoms with Crippen molar-refractivity contribution < 1.29 is 9.59 Å². The van der Waals surface area contributed by atoms with Crippen LogP contribution in [0.2, 0.25) is 0 Å². The summed E-state index contributed by atoms with van der Waals surface area (Å²) in [6.07, 6.45) is 7.95. The van der Waals surface area contributed by atoms with E-state index in [0.717, 1.165) is 27.9 Å². The zero-order valence-corrected chi connectivity index (χ0v) is 20.9. The molecular formula is C29H36N4O2. The number of hydrogen-bond donors (Lipinski definition) is 3. The number of pyridine rings is 1. The third kappa shape index (κ3) is 8.04. The van der Waals surface area contributed by atoms with Gasteiger partial charge in [0.05, 0.1) is 17.6 Å². The summed E-state index contributed by atoms with van der Waals surface area (Å²) in [7, 11) is 0. The van der Waals surface area contributed by atoms with Crippen LogP contribution in [0.25, 0.3) is 22.4 Å². The van der Waals surface area contributed by atoms with E-state index in [0.29, 0.717) is 11.7 Å². The number of nitrogens with two attached hydrogens (primary N) is 1. The molecule has 1 saturated carbocycles. The first-order chi connectivity index (χ1) is 16.8. The molecule has 1 heterocycles. The Hall–Kier alpha value is -3.51. The highest BCUT2D eigenvalue weighted by Crippen LogP contribution is 2.32. The van der Waals surface area contributed by atoms with Gasteiger partial charge in [0.1, 0.15) is 0 Å². The molecule has 3 aromatic rings. The van der Waals surface area contributed by atoms with Gasteiger partial charge in [-0.05, 0) is 37.0 Å². The number of anilines is 1. The molecule has 1 fully saturated rings. The number of carbonyl (C=O) groups is 2. The van der Waals surface area contributed by atoms with E-state index in [-0.39, 0.29) is 17.9 Å². The lowest BCUT2D eigenvalue weighted by molar-refractivity contribution is -0.120. The number of amides is 2. The van der Waals surface area contributed by atoms with Gasteiger partial charge in [0.15, 0.2) is 0 Å². The second-order valence-corrected chi connectivity index (χ2v) is 9.11. The number of nitrogens with one attached hydrogen (secondary N) is 2. The number of hydrogen-bond acceptors (Lipinski definition) is 4. The Kier molecular flexibility index (Phi) is 9.56. The van der Waals surface area contributed by atoms with Crippen molar-refractivity contribution in [2.24, 2.45) is 5.73 Å². The smallest absolute Gasteiger partial charge is 0.221 e. The topological polar surface area (TPSA) is 97.1 Å². The van der Waals surface area contributed by atoms with Crippen molar-refractivity contribution in [1.29, 1.82) is 0 Å². The van der Waals surface area contributed by atoms with Gasteiger partial charge in [-0.3, -0.25) is 14.6 Å². The Labute approximate surface area is 208 Å². The Morgan fingerprint density at radius 1 is 0.914 bits per heavy atom. The minimum atomic E-state index is -0.116. The Bertz CT molecular complexity index is 1110. The van der Waals surface area contributed by atoms with Crippen molar-refractivity contribution in [3.63, 3.8) is 0 Å². The van der Waals surface area contributed by atoms with Gasteiger partial charge >= 0.3 is 0 Å². The van der Waals surface area contributed by atoms with Crippen LogP contribution in [0.3, 0.4) is 0 Å². The Morgan fingerprint density at radius 2 is 1.57 bits per heavy atom. The predicted molar refractivity (Wildman–Crippen MR) is 143 cm³/mol. The Morgan fingerprint density at radius 3 is 2.14 bits per heavy atom. The van der Waals surface area contributed by atoms with Crippen molar-refractivity contribution in [1.82, 2.24) is 10.3 Å². The van der Waals surface area contributed by atoms with Crippen molar-refractivity contribution in [2.75, 3.05) is 5.32 Å². The molecule has 4 rings (SSSR count). The van der Waals surface area contributed by atoms with E-state index in [1.54, 1.807) is 13.1 Å². The summed E-state index contributed by atoms with van der Waals surface area (Å²) < 4.78 is 0. The van der Waals surface area contributed by atoms with Crippen molar-refractivity contribution in [3.05, 3.63) is 72.4 Å². The molecule has 0 aliphatic heterocycles. The number of carbonyl (C=O) groups excluding carboxylic acids is 2. The molecule has 1 aliphatic carbocycles. The molecule has 1 aromatic heterocycles. The minimum absolute atomic E-state index is 0.00209. The summed E-state index contributed by atoms with van der Waals surface area (Å²) in [5.74, 6) is 0.00162. The zero-order chi connectivity index (χ0) is 25.2. The number of aromatic nitrogens is 1. The fourth-order valence-corrected chi connectivity index (χ4v) is 4.28. The number of rotatable bonds is 5. The molecule has 6 heteroatoms. The van der Waals surface area contributed by atoms with Crippen LogP contribution in [0, 0.1) is 0 Å². The first kappa shape index (κ1) is 26.1. The summed E-state index contributed by atoms with van der Waals surface area (Å²) in [4.78, 5) is 26.6. The largest absolute Gasteiger partial charge is 0.354 e. The van der Waals surface area contributed by atoms with E-state index in [1.807, 2.05) is 67.6 Å². The molecule has 0 bridgehead atoms. The lowest BCUT2D eigenvalue weighted by Gasteiger charge is -2.21. The number of benzene rings is 2. The average molecular weight is 473 g/mol. The molecule has 0 saturated heterocycles. The van der Waals surface area contributed by atoms with Gasteiger partial charge in [-0.25, -0.2) is 0 Å². The van der Waals surface area contributed by atoms with Crippen molar-refractivity contribution >= 4 is 17.5 Å². The van der Waals surface area contributed by atoms with E-state index in [4.69, 9.17) is 5.73 Å². The highest BCUT2D eigenvalue weighted by molar-refractivity contribution is 5.91. The van der Waals surface area contributed by atoms with Gasteiger partial charge in [-0.2, -0.15) is 0 Å². The quantitative estimate of drug-likeness (QED) is 0.434. The summed E-state index contributed by atoms with van der Waals surface area (Å²) in [5.41, 5.74) is 11.6. The predicted octanol–water partition coefficient (Wildman–Crippen LogP) is 5.85. The standard InChI is InChI=1S/C21H21N3O.C8H15NO/c1-14(22)16-8-10-18(11-9-16)21-20(17-6-4-3-5-7-17)12-19(13-23-21)24-15(2)25;1-7(10)9-8-5-3-2-4-6-8/h3-14H,22H2,1-2H3,(H,24,25);8H,2-6H2,1H3,(H,9,10). The first-order valence-corrected chi connectivity index (χ1v) is 12.3. The first-order valence-electron chi connectivity index (χ1n) is 12.3. The SMILES string of the molecule is CC(=O)NC1CCCCC1.CC(=O)Nc1cnc(-c2ccc(C(C)N)cc2)c(-c2ccccc2)c1. The molecule has 6 nitrogen and oxygen atoms in total. The van der Waals surface area contributed by atoms with Crippen LogP contribution in [0.1, 0.15) is 64.5 Å². The van der Waals surface area contributed by atoms with Crippen LogP contribution in [-0.2, 0) is 9.59 Å². The maximum absolute atomic E-state index is 11.4. The van der Waals surface area contributed by atoms with Crippen LogP contribution < -0.4 is 16.4 Å².